The molecule has 0 aliphatic rings. The fourth-order valence-electron chi connectivity index (χ4n) is 1.65. The molecule has 0 bridgehead atoms. The number of anilines is 1. The number of aromatic nitrogens is 2. The monoisotopic (exact) mass is 270 g/mol. The number of hydrogen-bond donors (Lipinski definition) is 2. The number of aliphatic hydroxyl groups is 1. The predicted molar refractivity (Wildman–Crippen MR) is 73.3 cm³/mol. The van der Waals surface area contributed by atoms with Crippen molar-refractivity contribution in [3.63, 3.8) is 0 Å². The summed E-state index contributed by atoms with van der Waals surface area (Å²) in [5, 5.41) is 28.2. The molecule has 0 aromatic carbocycles. The van der Waals surface area contributed by atoms with Gasteiger partial charge in [-0.2, -0.15) is 5.10 Å². The molecule has 7 nitrogen and oxygen atoms in total. The SMILES string of the molecule is CC(C)c1nn(C)c(NC(C)(C)C(C)O)c1[N+](=O)[O-]. The molecule has 0 aliphatic carbocycles. The van der Waals surface area contributed by atoms with Crippen molar-refractivity contribution in [1.82, 2.24) is 9.78 Å². The number of nitrogens with one attached hydrogen (secondary N) is 1. The van der Waals surface area contributed by atoms with E-state index in [2.05, 4.69) is 10.4 Å². The molecule has 1 unspecified atom stereocenters. The van der Waals surface area contributed by atoms with Crippen LogP contribution in [0.15, 0.2) is 0 Å². The molecular formula is C12H22N4O3. The van der Waals surface area contributed by atoms with E-state index in [9.17, 15) is 15.2 Å². The van der Waals surface area contributed by atoms with Crippen LogP contribution >= 0.6 is 0 Å². The largest absolute Gasteiger partial charge is 0.391 e. The van der Waals surface area contributed by atoms with E-state index in [0.717, 1.165) is 0 Å². The molecule has 19 heavy (non-hydrogen) atoms. The molecule has 1 rings (SSSR count). The first-order chi connectivity index (χ1) is 8.58. The maximum absolute atomic E-state index is 11.3. The summed E-state index contributed by atoms with van der Waals surface area (Å²) in [6.07, 6.45) is -0.662. The van der Waals surface area contributed by atoms with Crippen molar-refractivity contribution >= 4 is 11.5 Å². The van der Waals surface area contributed by atoms with Gasteiger partial charge < -0.3 is 10.4 Å². The average Bonchev–Trinajstić information content (AvgIpc) is 2.55. The zero-order valence-electron chi connectivity index (χ0n) is 12.3. The van der Waals surface area contributed by atoms with Gasteiger partial charge in [-0.1, -0.05) is 13.8 Å². The summed E-state index contributed by atoms with van der Waals surface area (Å²) in [7, 11) is 1.65. The van der Waals surface area contributed by atoms with Crippen LogP contribution in [0.3, 0.4) is 0 Å². The van der Waals surface area contributed by atoms with Crippen molar-refractivity contribution in [2.75, 3.05) is 5.32 Å². The molecule has 0 spiro atoms. The van der Waals surface area contributed by atoms with Crippen LogP contribution in [0, 0.1) is 10.1 Å². The standard InChI is InChI=1S/C12H22N4O3/c1-7(2)9-10(16(18)19)11(15(6)14-9)13-12(4,5)8(3)17/h7-8,13,17H,1-6H3. The van der Waals surface area contributed by atoms with Crippen LogP contribution in [0.4, 0.5) is 11.5 Å². The first-order valence-corrected chi connectivity index (χ1v) is 6.25. The fraction of sp³-hybridized carbons (Fsp3) is 0.750. The van der Waals surface area contributed by atoms with Crippen LogP contribution in [0.5, 0.6) is 0 Å². The van der Waals surface area contributed by atoms with Crippen molar-refractivity contribution in [2.24, 2.45) is 7.05 Å². The summed E-state index contributed by atoms with van der Waals surface area (Å²) in [5.41, 5.74) is -0.269. The van der Waals surface area contributed by atoms with Crippen LogP contribution in [-0.4, -0.2) is 31.5 Å². The first kappa shape index (κ1) is 15.4. The van der Waals surface area contributed by atoms with E-state index in [0.29, 0.717) is 11.5 Å². The van der Waals surface area contributed by atoms with E-state index in [-0.39, 0.29) is 11.6 Å². The zero-order valence-corrected chi connectivity index (χ0v) is 12.3. The lowest BCUT2D eigenvalue weighted by Gasteiger charge is -2.29. The number of nitro groups is 1. The second kappa shape index (κ2) is 5.16. The Morgan fingerprint density at radius 2 is 1.95 bits per heavy atom. The molecule has 0 fully saturated rings. The molecular weight excluding hydrogens is 248 g/mol. The zero-order chi connectivity index (χ0) is 15.0. The molecule has 0 aliphatic heterocycles. The lowest BCUT2D eigenvalue weighted by atomic mass is 9.98. The number of nitrogens with zero attached hydrogens (tertiary/aromatic N) is 3. The fourth-order valence-corrected chi connectivity index (χ4v) is 1.65. The van der Waals surface area contributed by atoms with Gasteiger partial charge in [-0.15, -0.1) is 0 Å². The van der Waals surface area contributed by atoms with E-state index in [4.69, 9.17) is 0 Å². The third-order valence-electron chi connectivity index (χ3n) is 3.26. The van der Waals surface area contributed by atoms with Crippen molar-refractivity contribution in [2.45, 2.75) is 52.2 Å². The third kappa shape index (κ3) is 3.04. The van der Waals surface area contributed by atoms with Gasteiger partial charge in [0.05, 0.1) is 16.6 Å². The quantitative estimate of drug-likeness (QED) is 0.630. The first-order valence-electron chi connectivity index (χ1n) is 6.25. The van der Waals surface area contributed by atoms with Gasteiger partial charge in [-0.05, 0) is 20.8 Å². The van der Waals surface area contributed by atoms with Crippen LogP contribution < -0.4 is 5.32 Å². The number of hydrogen-bond acceptors (Lipinski definition) is 5. The average molecular weight is 270 g/mol. The predicted octanol–water partition coefficient (Wildman–Crippen LogP) is 2.02. The van der Waals surface area contributed by atoms with Gasteiger partial charge in [-0.25, -0.2) is 4.68 Å². The minimum Gasteiger partial charge on any atom is -0.391 e. The van der Waals surface area contributed by atoms with Crippen molar-refractivity contribution in [3.8, 4) is 0 Å². The summed E-state index contributed by atoms with van der Waals surface area (Å²) in [6.45, 7) is 8.92. The summed E-state index contributed by atoms with van der Waals surface area (Å²) in [5.74, 6) is 0.274. The molecule has 0 amide bonds. The van der Waals surface area contributed by atoms with E-state index in [1.54, 1.807) is 27.8 Å². The van der Waals surface area contributed by atoms with Gasteiger partial charge in [0.25, 0.3) is 0 Å². The lowest BCUT2D eigenvalue weighted by Crippen LogP contribution is -2.42. The van der Waals surface area contributed by atoms with Gasteiger partial charge in [0.15, 0.2) is 0 Å². The molecule has 0 saturated carbocycles. The summed E-state index contributed by atoms with van der Waals surface area (Å²) >= 11 is 0. The third-order valence-corrected chi connectivity index (χ3v) is 3.26. The van der Waals surface area contributed by atoms with E-state index in [1.165, 1.54) is 4.68 Å². The molecule has 0 radical (unpaired) electrons. The second-order valence-corrected chi connectivity index (χ2v) is 5.64. The Hall–Kier alpha value is -1.63. The topological polar surface area (TPSA) is 93.2 Å². The van der Waals surface area contributed by atoms with Crippen LogP contribution in [0.2, 0.25) is 0 Å². The van der Waals surface area contributed by atoms with Crippen molar-refractivity contribution in [1.29, 1.82) is 0 Å². The van der Waals surface area contributed by atoms with Gasteiger partial charge in [0.2, 0.25) is 5.82 Å². The maximum atomic E-state index is 11.3. The number of aryl methyl sites for hydroxylation is 1. The summed E-state index contributed by atoms with van der Waals surface area (Å²) in [4.78, 5) is 10.8. The van der Waals surface area contributed by atoms with E-state index in [1.807, 2.05) is 13.8 Å². The smallest absolute Gasteiger partial charge is 0.334 e. The molecule has 1 atom stereocenters. The lowest BCUT2D eigenvalue weighted by molar-refractivity contribution is -0.384. The van der Waals surface area contributed by atoms with Gasteiger partial charge in [0, 0.05) is 13.0 Å². The molecule has 2 N–H and O–H groups in total. The van der Waals surface area contributed by atoms with Crippen LogP contribution in [-0.2, 0) is 7.05 Å². The molecule has 0 saturated heterocycles. The van der Waals surface area contributed by atoms with E-state index < -0.39 is 16.6 Å². The Morgan fingerprint density at radius 3 is 2.32 bits per heavy atom. The Bertz CT molecular complexity index is 478. The van der Waals surface area contributed by atoms with E-state index >= 15 is 0 Å². The van der Waals surface area contributed by atoms with Crippen molar-refractivity contribution < 1.29 is 10.0 Å². The minimum atomic E-state index is -0.688. The van der Waals surface area contributed by atoms with Crippen molar-refractivity contribution in [3.05, 3.63) is 15.8 Å². The van der Waals surface area contributed by atoms with Gasteiger partial charge in [-0.3, -0.25) is 10.1 Å². The van der Waals surface area contributed by atoms with Gasteiger partial charge in [0.1, 0.15) is 5.69 Å². The maximum Gasteiger partial charge on any atom is 0.334 e. The highest BCUT2D eigenvalue weighted by molar-refractivity contribution is 5.61. The molecule has 108 valence electrons. The Kier molecular flexibility index (Phi) is 4.19. The highest BCUT2D eigenvalue weighted by atomic mass is 16.6. The normalized spacial score (nSPS) is 13.7. The molecule has 7 heteroatoms. The summed E-state index contributed by atoms with van der Waals surface area (Å²) < 4.78 is 1.46. The van der Waals surface area contributed by atoms with Crippen LogP contribution in [0.1, 0.15) is 46.2 Å². The molecule has 1 heterocycles. The minimum absolute atomic E-state index is 0.0220. The summed E-state index contributed by atoms with van der Waals surface area (Å²) in [6, 6.07) is 0. The number of aliphatic hydroxyl groups excluding tert-OH is 1. The number of rotatable bonds is 5. The highest BCUT2D eigenvalue weighted by Crippen LogP contribution is 2.34. The van der Waals surface area contributed by atoms with Gasteiger partial charge >= 0.3 is 5.69 Å². The Morgan fingerprint density at radius 1 is 1.42 bits per heavy atom. The Balaban J connectivity index is 3.32. The molecule has 1 aromatic heterocycles. The highest BCUT2D eigenvalue weighted by Gasteiger charge is 2.33. The second-order valence-electron chi connectivity index (χ2n) is 5.64. The van der Waals surface area contributed by atoms with Crippen LogP contribution in [0.25, 0.3) is 0 Å². The molecule has 1 aromatic rings. The Labute approximate surface area is 112 Å².